The largest absolute Gasteiger partial charge is 0.477 e. The van der Waals surface area contributed by atoms with E-state index >= 15 is 0 Å². The lowest BCUT2D eigenvalue weighted by Crippen LogP contribution is -2.27. The molecule has 106 valence electrons. The topological polar surface area (TPSA) is 71.8 Å². The van der Waals surface area contributed by atoms with Gasteiger partial charge in [-0.05, 0) is 20.0 Å². The van der Waals surface area contributed by atoms with Gasteiger partial charge in [0, 0.05) is 38.5 Å². The Morgan fingerprint density at radius 1 is 1.42 bits per heavy atom. The minimum Gasteiger partial charge on any atom is -0.477 e. The van der Waals surface area contributed by atoms with Crippen LogP contribution >= 0.6 is 0 Å². The second-order valence-electron chi connectivity index (χ2n) is 4.46. The molecule has 0 saturated carbocycles. The summed E-state index contributed by atoms with van der Waals surface area (Å²) in [4.78, 5) is 24.4. The van der Waals surface area contributed by atoms with Gasteiger partial charge < -0.3 is 19.3 Å². The normalized spacial score (nSPS) is 10.9. The minimum absolute atomic E-state index is 0.131. The SMILES string of the molecule is COCCN(C)CCn1cc(C(C)=O)cc1C(=O)O. The summed E-state index contributed by atoms with van der Waals surface area (Å²) in [7, 11) is 3.58. The molecule has 0 unspecified atom stereocenters. The van der Waals surface area contributed by atoms with Crippen LogP contribution in [0.25, 0.3) is 0 Å². The van der Waals surface area contributed by atoms with Gasteiger partial charge in [-0.2, -0.15) is 0 Å². The first kappa shape index (κ1) is 15.4. The van der Waals surface area contributed by atoms with Gasteiger partial charge in [-0.15, -0.1) is 0 Å². The third-order valence-electron chi connectivity index (χ3n) is 2.92. The Bertz CT molecular complexity index is 453. The van der Waals surface area contributed by atoms with Gasteiger partial charge in [-0.3, -0.25) is 4.79 Å². The number of carboxylic acid groups (broad SMARTS) is 1. The first-order chi connectivity index (χ1) is 8.95. The van der Waals surface area contributed by atoms with Crippen molar-refractivity contribution in [2.24, 2.45) is 0 Å². The molecule has 0 fully saturated rings. The summed E-state index contributed by atoms with van der Waals surface area (Å²) < 4.78 is 6.57. The summed E-state index contributed by atoms with van der Waals surface area (Å²) in [5, 5.41) is 9.10. The number of ketones is 1. The van der Waals surface area contributed by atoms with Crippen LogP contribution in [0.3, 0.4) is 0 Å². The van der Waals surface area contributed by atoms with Crippen molar-refractivity contribution in [2.45, 2.75) is 13.5 Å². The predicted octanol–water partition coefficient (Wildman–Crippen LogP) is 0.967. The van der Waals surface area contributed by atoms with Crippen LogP contribution in [0.2, 0.25) is 0 Å². The quantitative estimate of drug-likeness (QED) is 0.711. The number of ether oxygens (including phenoxy) is 1. The van der Waals surface area contributed by atoms with Gasteiger partial charge in [-0.1, -0.05) is 0 Å². The number of hydrogen-bond donors (Lipinski definition) is 1. The van der Waals surface area contributed by atoms with Crippen molar-refractivity contribution < 1.29 is 19.4 Å². The van der Waals surface area contributed by atoms with Gasteiger partial charge in [0.05, 0.1) is 6.61 Å². The van der Waals surface area contributed by atoms with Gasteiger partial charge in [-0.25, -0.2) is 4.79 Å². The molecule has 19 heavy (non-hydrogen) atoms. The van der Waals surface area contributed by atoms with Gasteiger partial charge in [0.15, 0.2) is 5.78 Å². The van der Waals surface area contributed by atoms with Crippen molar-refractivity contribution in [1.29, 1.82) is 0 Å². The number of carbonyl (C=O) groups excluding carboxylic acids is 1. The van der Waals surface area contributed by atoms with Gasteiger partial charge >= 0.3 is 5.97 Å². The number of carboxylic acids is 1. The second-order valence-corrected chi connectivity index (χ2v) is 4.46. The fourth-order valence-corrected chi connectivity index (χ4v) is 1.70. The van der Waals surface area contributed by atoms with Crippen LogP contribution in [0.15, 0.2) is 12.3 Å². The molecular weight excluding hydrogens is 248 g/mol. The molecule has 0 spiro atoms. The Hall–Kier alpha value is -1.66. The highest BCUT2D eigenvalue weighted by atomic mass is 16.5. The van der Waals surface area contributed by atoms with E-state index in [1.54, 1.807) is 17.9 Å². The predicted molar refractivity (Wildman–Crippen MR) is 70.8 cm³/mol. The maximum Gasteiger partial charge on any atom is 0.352 e. The average molecular weight is 268 g/mol. The third-order valence-corrected chi connectivity index (χ3v) is 2.92. The highest BCUT2D eigenvalue weighted by Crippen LogP contribution is 2.10. The molecule has 6 heteroatoms. The Morgan fingerprint density at radius 2 is 2.11 bits per heavy atom. The Balaban J connectivity index is 2.71. The number of nitrogens with zero attached hydrogens (tertiary/aromatic N) is 2. The minimum atomic E-state index is -1.02. The number of aromatic nitrogens is 1. The third kappa shape index (κ3) is 4.50. The number of carbonyl (C=O) groups is 2. The summed E-state index contributed by atoms with van der Waals surface area (Å²) in [5.41, 5.74) is 0.572. The van der Waals surface area contributed by atoms with E-state index in [2.05, 4.69) is 0 Å². The van der Waals surface area contributed by atoms with Crippen LogP contribution in [0, 0.1) is 0 Å². The Labute approximate surface area is 112 Å². The fraction of sp³-hybridized carbons (Fsp3) is 0.538. The first-order valence-electron chi connectivity index (χ1n) is 6.07. The van der Waals surface area contributed by atoms with Crippen molar-refractivity contribution in [3.05, 3.63) is 23.5 Å². The van der Waals surface area contributed by atoms with E-state index in [4.69, 9.17) is 9.84 Å². The summed E-state index contributed by atoms with van der Waals surface area (Å²) in [6, 6.07) is 1.42. The molecule has 0 aromatic carbocycles. The molecular formula is C13H20N2O4. The van der Waals surface area contributed by atoms with E-state index in [1.165, 1.54) is 13.0 Å². The van der Waals surface area contributed by atoms with Gasteiger partial charge in [0.2, 0.25) is 0 Å². The molecule has 1 aromatic heterocycles. The van der Waals surface area contributed by atoms with Crippen LogP contribution < -0.4 is 0 Å². The van der Waals surface area contributed by atoms with Crippen molar-refractivity contribution in [3.63, 3.8) is 0 Å². The van der Waals surface area contributed by atoms with Crippen molar-refractivity contribution in [3.8, 4) is 0 Å². The zero-order valence-electron chi connectivity index (χ0n) is 11.5. The van der Waals surface area contributed by atoms with Crippen molar-refractivity contribution in [1.82, 2.24) is 9.47 Å². The molecule has 0 aliphatic carbocycles. The van der Waals surface area contributed by atoms with E-state index in [1.807, 2.05) is 11.9 Å². The van der Waals surface area contributed by atoms with Crippen LogP contribution in [0.4, 0.5) is 0 Å². The van der Waals surface area contributed by atoms with Gasteiger partial charge in [0.1, 0.15) is 5.69 Å². The number of rotatable bonds is 8. The Kier molecular flexibility index (Phi) is 5.72. The van der Waals surface area contributed by atoms with E-state index in [0.29, 0.717) is 25.3 Å². The number of Topliss-reactive ketones (excluding diaryl/α,β-unsaturated/α-hetero) is 1. The molecule has 0 radical (unpaired) electrons. The molecule has 1 aromatic rings. The second kappa shape index (κ2) is 7.06. The molecule has 1 heterocycles. The molecule has 6 nitrogen and oxygen atoms in total. The van der Waals surface area contributed by atoms with Crippen LogP contribution in [0.5, 0.6) is 0 Å². The highest BCUT2D eigenvalue weighted by Gasteiger charge is 2.14. The zero-order chi connectivity index (χ0) is 14.4. The maximum atomic E-state index is 11.3. The lowest BCUT2D eigenvalue weighted by atomic mass is 10.2. The van der Waals surface area contributed by atoms with E-state index in [0.717, 1.165) is 6.54 Å². The van der Waals surface area contributed by atoms with Crippen LogP contribution in [-0.2, 0) is 11.3 Å². The summed E-state index contributed by atoms with van der Waals surface area (Å²) in [5.74, 6) is -1.15. The van der Waals surface area contributed by atoms with E-state index in [9.17, 15) is 9.59 Å². The smallest absolute Gasteiger partial charge is 0.352 e. The lowest BCUT2D eigenvalue weighted by molar-refractivity contribution is 0.0684. The molecule has 0 atom stereocenters. The first-order valence-corrected chi connectivity index (χ1v) is 6.07. The number of aromatic carboxylic acids is 1. The molecule has 1 rings (SSSR count). The summed E-state index contributed by atoms with van der Waals surface area (Å²) in [6.45, 7) is 4.05. The number of hydrogen-bond acceptors (Lipinski definition) is 4. The number of methoxy groups -OCH3 is 1. The van der Waals surface area contributed by atoms with Crippen molar-refractivity contribution in [2.75, 3.05) is 33.9 Å². The molecule has 0 aliphatic rings. The van der Waals surface area contributed by atoms with E-state index < -0.39 is 5.97 Å². The van der Waals surface area contributed by atoms with Crippen LogP contribution in [0.1, 0.15) is 27.8 Å². The summed E-state index contributed by atoms with van der Waals surface area (Å²) >= 11 is 0. The number of likely N-dealkylation sites (N-methyl/N-ethyl adjacent to an activating group) is 1. The average Bonchev–Trinajstić information content (AvgIpc) is 2.78. The van der Waals surface area contributed by atoms with Crippen LogP contribution in [-0.4, -0.2) is 60.2 Å². The molecule has 1 N–H and O–H groups in total. The van der Waals surface area contributed by atoms with Crippen molar-refractivity contribution >= 4 is 11.8 Å². The van der Waals surface area contributed by atoms with Gasteiger partial charge in [0.25, 0.3) is 0 Å². The molecule has 0 aliphatic heterocycles. The molecule has 0 bridgehead atoms. The Morgan fingerprint density at radius 3 is 2.63 bits per heavy atom. The van der Waals surface area contributed by atoms with E-state index in [-0.39, 0.29) is 11.5 Å². The molecule has 0 saturated heterocycles. The molecule has 0 amide bonds. The monoisotopic (exact) mass is 268 g/mol. The lowest BCUT2D eigenvalue weighted by Gasteiger charge is -2.16. The highest BCUT2D eigenvalue weighted by molar-refractivity contribution is 5.97. The standard InChI is InChI=1S/C13H20N2O4/c1-10(16)11-8-12(13(17)18)15(9-11)5-4-14(2)6-7-19-3/h8-9H,4-7H2,1-3H3,(H,17,18). The maximum absolute atomic E-state index is 11.3. The zero-order valence-corrected chi connectivity index (χ0v) is 11.5. The fourth-order valence-electron chi connectivity index (χ4n) is 1.70. The summed E-state index contributed by atoms with van der Waals surface area (Å²) in [6.07, 6.45) is 1.59.